The molecule has 2 rings (SSSR count). The van der Waals surface area contributed by atoms with Gasteiger partial charge < -0.3 is 10.4 Å². The average Bonchev–Trinajstić information content (AvgIpc) is 2.57. The molecular formula is C21H27NO2S. The van der Waals surface area contributed by atoms with Crippen LogP contribution in [0.15, 0.2) is 29.2 Å². The van der Waals surface area contributed by atoms with Gasteiger partial charge in [-0.25, -0.2) is 4.79 Å². The lowest BCUT2D eigenvalue weighted by Crippen LogP contribution is -2.32. The van der Waals surface area contributed by atoms with E-state index in [2.05, 4.69) is 52.1 Å². The van der Waals surface area contributed by atoms with Crippen molar-refractivity contribution in [2.45, 2.75) is 52.5 Å². The summed E-state index contributed by atoms with van der Waals surface area (Å²) in [5.41, 5.74) is 8.19. The van der Waals surface area contributed by atoms with Crippen LogP contribution in [-0.4, -0.2) is 22.9 Å². The van der Waals surface area contributed by atoms with Gasteiger partial charge in [-0.05, 0) is 87.1 Å². The number of carbonyl (C=O) groups is 1. The maximum Gasteiger partial charge on any atom is 0.326 e. The van der Waals surface area contributed by atoms with Crippen molar-refractivity contribution < 1.29 is 9.90 Å². The molecule has 0 heterocycles. The van der Waals surface area contributed by atoms with E-state index in [0.717, 1.165) is 16.1 Å². The molecule has 2 N–H and O–H groups in total. The van der Waals surface area contributed by atoms with Crippen molar-refractivity contribution in [1.29, 1.82) is 0 Å². The average molecular weight is 358 g/mol. The first-order valence-corrected chi connectivity index (χ1v) is 9.46. The lowest BCUT2D eigenvalue weighted by molar-refractivity contribution is -0.137. The highest BCUT2D eigenvalue weighted by Crippen LogP contribution is 2.28. The molecule has 0 fully saturated rings. The molecule has 0 radical (unpaired) electrons. The third kappa shape index (κ3) is 4.37. The Bertz CT molecular complexity index is 799. The maximum absolute atomic E-state index is 11.7. The van der Waals surface area contributed by atoms with Crippen LogP contribution in [0.5, 0.6) is 0 Å². The van der Waals surface area contributed by atoms with Gasteiger partial charge in [-0.3, -0.25) is 0 Å². The molecule has 0 bridgehead atoms. The smallest absolute Gasteiger partial charge is 0.326 e. The van der Waals surface area contributed by atoms with Crippen LogP contribution >= 0.6 is 11.8 Å². The number of thioether (sulfide) groups is 1. The number of aryl methyl sites for hydroxylation is 2. The highest BCUT2D eigenvalue weighted by atomic mass is 32.2. The molecule has 2 aromatic carbocycles. The second-order valence-corrected chi connectivity index (χ2v) is 7.72. The van der Waals surface area contributed by atoms with Gasteiger partial charge in [-0.1, -0.05) is 12.1 Å². The van der Waals surface area contributed by atoms with Gasteiger partial charge in [0.1, 0.15) is 6.04 Å². The van der Waals surface area contributed by atoms with E-state index in [9.17, 15) is 9.90 Å². The van der Waals surface area contributed by atoms with E-state index < -0.39 is 12.0 Å². The van der Waals surface area contributed by atoms with Crippen LogP contribution in [0.3, 0.4) is 0 Å². The Morgan fingerprint density at radius 2 is 1.48 bits per heavy atom. The Labute approximate surface area is 154 Å². The molecule has 0 aliphatic rings. The molecule has 0 aliphatic carbocycles. The molecule has 2 aromatic rings. The van der Waals surface area contributed by atoms with Crippen molar-refractivity contribution in [2.24, 2.45) is 0 Å². The summed E-state index contributed by atoms with van der Waals surface area (Å²) in [7, 11) is 0. The lowest BCUT2D eigenvalue weighted by Gasteiger charge is -2.20. The summed E-state index contributed by atoms with van der Waals surface area (Å²) in [5, 5.41) is 12.8. The number of aliphatic carboxylic acids is 1. The molecule has 0 amide bonds. The second-order valence-electron chi connectivity index (χ2n) is 6.66. The third-order valence-corrected chi connectivity index (χ3v) is 6.35. The van der Waals surface area contributed by atoms with Gasteiger partial charge in [0.15, 0.2) is 0 Å². The zero-order valence-electron chi connectivity index (χ0n) is 15.9. The Kier molecular flexibility index (Phi) is 6.17. The van der Waals surface area contributed by atoms with E-state index in [0.29, 0.717) is 5.75 Å². The van der Waals surface area contributed by atoms with Crippen LogP contribution in [0.4, 0.5) is 5.69 Å². The summed E-state index contributed by atoms with van der Waals surface area (Å²) in [4.78, 5) is 12.9. The minimum atomic E-state index is -0.827. The van der Waals surface area contributed by atoms with Gasteiger partial charge in [0, 0.05) is 16.3 Å². The van der Waals surface area contributed by atoms with Crippen molar-refractivity contribution >= 4 is 23.4 Å². The van der Waals surface area contributed by atoms with Crippen molar-refractivity contribution in [3.63, 3.8) is 0 Å². The van der Waals surface area contributed by atoms with E-state index in [4.69, 9.17) is 0 Å². The summed E-state index contributed by atoms with van der Waals surface area (Å²) in [6.45, 7) is 12.5. The minimum absolute atomic E-state index is 0.477. The highest BCUT2D eigenvalue weighted by molar-refractivity contribution is 7.99. The Morgan fingerprint density at radius 1 is 0.920 bits per heavy atom. The molecule has 4 heteroatoms. The predicted octanol–water partition coefficient (Wildman–Crippen LogP) is 5.19. The fourth-order valence-corrected chi connectivity index (χ4v) is 3.84. The molecule has 134 valence electrons. The predicted molar refractivity (Wildman–Crippen MR) is 107 cm³/mol. The van der Waals surface area contributed by atoms with Crippen LogP contribution in [0, 0.1) is 41.5 Å². The number of benzene rings is 2. The lowest BCUT2D eigenvalue weighted by atomic mass is 10.0. The van der Waals surface area contributed by atoms with E-state index in [1.807, 2.05) is 19.1 Å². The van der Waals surface area contributed by atoms with Crippen molar-refractivity contribution in [1.82, 2.24) is 0 Å². The highest BCUT2D eigenvalue weighted by Gasteiger charge is 2.19. The molecular weight excluding hydrogens is 330 g/mol. The molecule has 0 aliphatic heterocycles. The van der Waals surface area contributed by atoms with Gasteiger partial charge in [-0.2, -0.15) is 0 Å². The van der Waals surface area contributed by atoms with E-state index in [1.165, 1.54) is 27.8 Å². The Balaban J connectivity index is 2.16. The first-order valence-electron chi connectivity index (χ1n) is 8.48. The van der Waals surface area contributed by atoms with Crippen LogP contribution in [0.1, 0.15) is 33.4 Å². The quantitative estimate of drug-likeness (QED) is 0.698. The van der Waals surface area contributed by atoms with Crippen LogP contribution < -0.4 is 5.32 Å². The third-order valence-electron chi connectivity index (χ3n) is 5.10. The topological polar surface area (TPSA) is 49.3 Å². The van der Waals surface area contributed by atoms with Crippen LogP contribution in [0.25, 0.3) is 0 Å². The summed E-state index contributed by atoms with van der Waals surface area (Å²) >= 11 is 1.60. The van der Waals surface area contributed by atoms with E-state index in [1.54, 1.807) is 11.8 Å². The number of hydrogen-bond donors (Lipinski definition) is 2. The minimum Gasteiger partial charge on any atom is -0.480 e. The number of carboxylic acid groups (broad SMARTS) is 1. The van der Waals surface area contributed by atoms with Gasteiger partial charge >= 0.3 is 5.97 Å². The molecule has 0 saturated heterocycles. The van der Waals surface area contributed by atoms with E-state index >= 15 is 0 Å². The Morgan fingerprint density at radius 3 is 2.08 bits per heavy atom. The summed E-state index contributed by atoms with van der Waals surface area (Å²) in [5.74, 6) is -0.350. The van der Waals surface area contributed by atoms with Crippen LogP contribution in [0.2, 0.25) is 0 Å². The molecule has 25 heavy (non-hydrogen) atoms. The van der Waals surface area contributed by atoms with Crippen molar-refractivity contribution in [2.75, 3.05) is 11.1 Å². The normalized spacial score (nSPS) is 12.1. The zero-order chi connectivity index (χ0) is 18.7. The standard InChI is InChI=1S/C21H27NO2S/c1-12-7-9-18(16(5)14(12)3)22-19(21(23)24)11-25-20-10-8-13(2)15(4)17(20)6/h7-10,19,22H,11H2,1-6H3,(H,23,24)/t19-/m0/s1. The molecule has 0 spiro atoms. The number of carboxylic acids is 1. The monoisotopic (exact) mass is 357 g/mol. The van der Waals surface area contributed by atoms with Gasteiger partial charge in [0.2, 0.25) is 0 Å². The summed E-state index contributed by atoms with van der Waals surface area (Å²) < 4.78 is 0. The molecule has 1 atom stereocenters. The van der Waals surface area contributed by atoms with Crippen molar-refractivity contribution in [3.8, 4) is 0 Å². The largest absolute Gasteiger partial charge is 0.480 e. The number of hydrogen-bond acceptors (Lipinski definition) is 3. The second kappa shape index (κ2) is 7.96. The SMILES string of the molecule is Cc1ccc(N[C@@H](CSc2ccc(C)c(C)c2C)C(=O)O)c(C)c1C. The van der Waals surface area contributed by atoms with Gasteiger partial charge in [0.25, 0.3) is 0 Å². The summed E-state index contributed by atoms with van der Waals surface area (Å²) in [6.07, 6.45) is 0. The van der Waals surface area contributed by atoms with Gasteiger partial charge in [-0.15, -0.1) is 11.8 Å². The Hall–Kier alpha value is -1.94. The maximum atomic E-state index is 11.7. The molecule has 0 aromatic heterocycles. The number of anilines is 1. The molecule has 0 unspecified atom stereocenters. The van der Waals surface area contributed by atoms with Gasteiger partial charge in [0.05, 0.1) is 0 Å². The fourth-order valence-electron chi connectivity index (χ4n) is 2.74. The van der Waals surface area contributed by atoms with E-state index in [-0.39, 0.29) is 0 Å². The van der Waals surface area contributed by atoms with Crippen LogP contribution in [-0.2, 0) is 4.79 Å². The fraction of sp³-hybridized carbons (Fsp3) is 0.381. The van der Waals surface area contributed by atoms with Crippen molar-refractivity contribution in [3.05, 3.63) is 57.6 Å². The number of rotatable bonds is 6. The summed E-state index contributed by atoms with van der Waals surface area (Å²) in [6, 6.07) is 7.56. The first-order chi connectivity index (χ1) is 11.7. The zero-order valence-corrected chi connectivity index (χ0v) is 16.7. The first kappa shape index (κ1) is 19.4. The number of nitrogens with one attached hydrogen (secondary N) is 1. The molecule has 3 nitrogen and oxygen atoms in total. The molecule has 0 saturated carbocycles.